The van der Waals surface area contributed by atoms with Gasteiger partial charge in [-0.2, -0.15) is 5.10 Å². The molecule has 1 heterocycles. The number of rotatable bonds is 9. The van der Waals surface area contributed by atoms with Crippen LogP contribution in [0.1, 0.15) is 24.4 Å². The summed E-state index contributed by atoms with van der Waals surface area (Å²) in [5, 5.41) is 17.1. The maximum absolute atomic E-state index is 12.2. The third-order valence-electron chi connectivity index (χ3n) is 4.38. The standard InChI is InChI=1S/C21H22BrClN6O2S/c1-13(25-17-6-4-5-16(23)10-17)20-27-28-21(29(20)2)32-12-19(30)26-24-11-14-9-15(22)7-8-18(14)31-3/h4-11,13,25H,12H2,1-3H3,(H,26,30)/t13-/m1/s1. The summed E-state index contributed by atoms with van der Waals surface area (Å²) in [5.74, 6) is 1.30. The molecule has 1 amide bonds. The summed E-state index contributed by atoms with van der Waals surface area (Å²) < 4.78 is 8.03. The fourth-order valence-electron chi connectivity index (χ4n) is 2.86. The van der Waals surface area contributed by atoms with Crippen LogP contribution in [0.5, 0.6) is 5.75 Å². The summed E-state index contributed by atoms with van der Waals surface area (Å²) in [6.07, 6.45) is 1.54. The smallest absolute Gasteiger partial charge is 0.250 e. The van der Waals surface area contributed by atoms with Crippen molar-refractivity contribution in [3.05, 3.63) is 63.3 Å². The number of nitrogens with one attached hydrogen (secondary N) is 2. The van der Waals surface area contributed by atoms with Gasteiger partial charge in [0.25, 0.3) is 5.91 Å². The molecule has 0 fully saturated rings. The molecule has 0 unspecified atom stereocenters. The predicted molar refractivity (Wildman–Crippen MR) is 132 cm³/mol. The van der Waals surface area contributed by atoms with Crippen LogP contribution in [0.3, 0.4) is 0 Å². The Morgan fingerprint density at radius 2 is 2.16 bits per heavy atom. The van der Waals surface area contributed by atoms with Gasteiger partial charge in [-0.1, -0.05) is 45.4 Å². The number of anilines is 1. The number of thioether (sulfide) groups is 1. The fraction of sp³-hybridized carbons (Fsp3) is 0.238. The highest BCUT2D eigenvalue weighted by atomic mass is 79.9. The van der Waals surface area contributed by atoms with E-state index < -0.39 is 0 Å². The van der Waals surface area contributed by atoms with Crippen molar-refractivity contribution in [2.75, 3.05) is 18.2 Å². The molecule has 3 aromatic rings. The normalized spacial score (nSPS) is 12.0. The van der Waals surface area contributed by atoms with Crippen LogP contribution in [0, 0.1) is 0 Å². The second kappa shape index (κ2) is 11.3. The van der Waals surface area contributed by atoms with Gasteiger partial charge >= 0.3 is 0 Å². The van der Waals surface area contributed by atoms with E-state index in [4.69, 9.17) is 16.3 Å². The van der Waals surface area contributed by atoms with E-state index in [9.17, 15) is 4.79 Å². The molecule has 0 aliphatic carbocycles. The van der Waals surface area contributed by atoms with Gasteiger partial charge < -0.3 is 14.6 Å². The van der Waals surface area contributed by atoms with E-state index in [1.807, 2.05) is 61.0 Å². The Bertz CT molecular complexity index is 1120. The van der Waals surface area contributed by atoms with Crippen molar-refractivity contribution in [2.45, 2.75) is 18.1 Å². The summed E-state index contributed by atoms with van der Waals surface area (Å²) in [5.41, 5.74) is 4.15. The molecule has 1 aromatic heterocycles. The van der Waals surface area contributed by atoms with Gasteiger partial charge in [0.05, 0.1) is 25.1 Å². The van der Waals surface area contributed by atoms with Crippen molar-refractivity contribution in [3.63, 3.8) is 0 Å². The molecular weight excluding hydrogens is 516 g/mol. The van der Waals surface area contributed by atoms with Gasteiger partial charge in [-0.15, -0.1) is 10.2 Å². The van der Waals surface area contributed by atoms with Crippen LogP contribution in [0.15, 0.2) is 57.2 Å². The lowest BCUT2D eigenvalue weighted by Gasteiger charge is -2.15. The summed E-state index contributed by atoms with van der Waals surface area (Å²) in [6.45, 7) is 1.98. The van der Waals surface area contributed by atoms with Crippen molar-refractivity contribution in [3.8, 4) is 5.75 Å². The molecule has 0 aliphatic rings. The number of hydrogen-bond donors (Lipinski definition) is 2. The van der Waals surface area contributed by atoms with Crippen molar-refractivity contribution in [1.82, 2.24) is 20.2 Å². The van der Waals surface area contributed by atoms with E-state index in [1.54, 1.807) is 7.11 Å². The fourth-order valence-corrected chi connectivity index (χ4v) is 4.14. The number of aromatic nitrogens is 3. The summed E-state index contributed by atoms with van der Waals surface area (Å²) in [6, 6.07) is 12.9. The number of carbonyl (C=O) groups excluding carboxylic acids is 1. The van der Waals surface area contributed by atoms with Crippen molar-refractivity contribution < 1.29 is 9.53 Å². The first-order chi connectivity index (χ1) is 15.4. The number of hydrazone groups is 1. The quantitative estimate of drug-likeness (QED) is 0.234. The van der Waals surface area contributed by atoms with Gasteiger partial charge in [-0.3, -0.25) is 4.79 Å². The first-order valence-corrected chi connectivity index (χ1v) is 11.7. The average molecular weight is 538 g/mol. The van der Waals surface area contributed by atoms with E-state index in [-0.39, 0.29) is 17.7 Å². The zero-order chi connectivity index (χ0) is 23.1. The van der Waals surface area contributed by atoms with Crippen molar-refractivity contribution >= 4 is 57.1 Å². The average Bonchev–Trinajstić information content (AvgIpc) is 3.13. The SMILES string of the molecule is COc1ccc(Br)cc1C=NNC(=O)CSc1nnc([C@@H](C)Nc2cccc(Cl)c2)n1C. The summed E-state index contributed by atoms with van der Waals surface area (Å²) in [4.78, 5) is 12.2. The Kier molecular flexibility index (Phi) is 8.54. The maximum atomic E-state index is 12.2. The monoisotopic (exact) mass is 536 g/mol. The van der Waals surface area contributed by atoms with Crippen LogP contribution in [-0.4, -0.2) is 39.7 Å². The zero-order valence-electron chi connectivity index (χ0n) is 17.7. The second-order valence-corrected chi connectivity index (χ2v) is 9.04. The van der Waals surface area contributed by atoms with E-state index in [2.05, 4.69) is 42.0 Å². The van der Waals surface area contributed by atoms with Crippen LogP contribution < -0.4 is 15.5 Å². The van der Waals surface area contributed by atoms with Crippen molar-refractivity contribution in [2.24, 2.45) is 12.1 Å². The molecule has 168 valence electrons. The van der Waals surface area contributed by atoms with E-state index in [0.717, 1.165) is 21.5 Å². The molecule has 0 radical (unpaired) electrons. The molecule has 2 aromatic carbocycles. The number of ether oxygens (including phenoxy) is 1. The summed E-state index contributed by atoms with van der Waals surface area (Å²) in [7, 11) is 3.44. The topological polar surface area (TPSA) is 93.4 Å². The molecule has 0 saturated heterocycles. The number of hydrogen-bond acceptors (Lipinski definition) is 7. The number of halogens is 2. The largest absolute Gasteiger partial charge is 0.496 e. The Morgan fingerprint density at radius 1 is 1.34 bits per heavy atom. The minimum Gasteiger partial charge on any atom is -0.496 e. The van der Waals surface area contributed by atoms with E-state index in [1.165, 1.54) is 18.0 Å². The lowest BCUT2D eigenvalue weighted by atomic mass is 10.2. The Balaban J connectivity index is 1.54. The lowest BCUT2D eigenvalue weighted by Crippen LogP contribution is -2.20. The number of carbonyl (C=O) groups is 1. The highest BCUT2D eigenvalue weighted by Crippen LogP contribution is 2.24. The van der Waals surface area contributed by atoms with Crippen LogP contribution in [0.25, 0.3) is 0 Å². The van der Waals surface area contributed by atoms with Gasteiger partial charge in [0.1, 0.15) is 5.75 Å². The molecule has 0 saturated carbocycles. The third kappa shape index (κ3) is 6.47. The predicted octanol–water partition coefficient (Wildman–Crippen LogP) is 4.66. The highest BCUT2D eigenvalue weighted by molar-refractivity contribution is 9.10. The van der Waals surface area contributed by atoms with Gasteiger partial charge in [0, 0.05) is 27.8 Å². The van der Waals surface area contributed by atoms with Gasteiger partial charge in [-0.25, -0.2) is 5.43 Å². The molecule has 0 spiro atoms. The van der Waals surface area contributed by atoms with E-state index in [0.29, 0.717) is 15.9 Å². The number of nitrogens with zero attached hydrogens (tertiary/aromatic N) is 4. The molecule has 32 heavy (non-hydrogen) atoms. The minimum absolute atomic E-state index is 0.0982. The van der Waals surface area contributed by atoms with Gasteiger partial charge in [0.15, 0.2) is 11.0 Å². The molecule has 3 rings (SSSR count). The Hall–Kier alpha value is -2.56. The highest BCUT2D eigenvalue weighted by Gasteiger charge is 2.16. The number of benzene rings is 2. The van der Waals surface area contributed by atoms with Gasteiger partial charge in [-0.05, 0) is 43.3 Å². The molecule has 8 nitrogen and oxygen atoms in total. The minimum atomic E-state index is -0.255. The molecule has 2 N–H and O–H groups in total. The Labute approximate surface area is 203 Å². The molecule has 1 atom stereocenters. The first-order valence-electron chi connectivity index (χ1n) is 9.57. The zero-order valence-corrected chi connectivity index (χ0v) is 20.8. The first kappa shape index (κ1) is 24.1. The van der Waals surface area contributed by atoms with Gasteiger partial charge in [0.2, 0.25) is 0 Å². The van der Waals surface area contributed by atoms with Crippen LogP contribution in [0.2, 0.25) is 5.02 Å². The molecule has 0 bridgehead atoms. The van der Waals surface area contributed by atoms with Crippen LogP contribution in [-0.2, 0) is 11.8 Å². The maximum Gasteiger partial charge on any atom is 0.250 e. The van der Waals surface area contributed by atoms with E-state index >= 15 is 0 Å². The third-order valence-corrected chi connectivity index (χ3v) is 6.13. The van der Waals surface area contributed by atoms with Crippen LogP contribution in [0.4, 0.5) is 5.69 Å². The van der Waals surface area contributed by atoms with Crippen molar-refractivity contribution in [1.29, 1.82) is 0 Å². The number of amides is 1. The summed E-state index contributed by atoms with van der Waals surface area (Å²) >= 11 is 10.7. The Morgan fingerprint density at radius 3 is 2.91 bits per heavy atom. The molecular formula is C21H22BrClN6O2S. The number of methoxy groups -OCH3 is 1. The molecule has 0 aliphatic heterocycles. The lowest BCUT2D eigenvalue weighted by molar-refractivity contribution is -0.118. The second-order valence-electron chi connectivity index (χ2n) is 6.74. The van der Waals surface area contributed by atoms with Crippen LogP contribution >= 0.6 is 39.3 Å². The molecule has 11 heteroatoms.